The van der Waals surface area contributed by atoms with Crippen molar-refractivity contribution < 1.29 is 14.3 Å². The van der Waals surface area contributed by atoms with Crippen molar-refractivity contribution in [1.82, 2.24) is 10.2 Å². The summed E-state index contributed by atoms with van der Waals surface area (Å²) in [4.78, 5) is 14.2. The smallest absolute Gasteiger partial charge is 0.250 e. The summed E-state index contributed by atoms with van der Waals surface area (Å²) in [6.07, 6.45) is 0.585. The molecule has 0 spiro atoms. The van der Waals surface area contributed by atoms with Gasteiger partial charge in [-0.25, -0.2) is 0 Å². The highest BCUT2D eigenvalue weighted by molar-refractivity contribution is 5.81. The third kappa shape index (κ3) is 5.00. The number of hydrogen-bond donors (Lipinski definition) is 1. The number of amides is 1. The highest BCUT2D eigenvalue weighted by atomic mass is 16.5. The van der Waals surface area contributed by atoms with Crippen LogP contribution < -0.4 is 10.1 Å². The van der Waals surface area contributed by atoms with E-state index in [0.717, 1.165) is 18.7 Å². The van der Waals surface area contributed by atoms with Crippen LogP contribution >= 0.6 is 0 Å². The molecule has 0 aliphatic carbocycles. The molecule has 1 amide bonds. The number of morpholine rings is 1. The van der Waals surface area contributed by atoms with Gasteiger partial charge >= 0.3 is 0 Å². The molecule has 5 nitrogen and oxygen atoms in total. The van der Waals surface area contributed by atoms with Gasteiger partial charge in [0.05, 0.1) is 13.7 Å². The normalized spacial score (nSPS) is 20.4. The third-order valence-corrected chi connectivity index (χ3v) is 3.93. The maximum atomic E-state index is 12.1. The molecule has 1 aromatic carbocycles. The zero-order valence-electron chi connectivity index (χ0n) is 13.7. The zero-order chi connectivity index (χ0) is 15.9. The number of nitrogens with one attached hydrogen (secondary N) is 1. The van der Waals surface area contributed by atoms with Crippen molar-refractivity contribution >= 4 is 5.91 Å². The molecule has 1 N–H and O–H groups in total. The van der Waals surface area contributed by atoms with Crippen LogP contribution in [0.5, 0.6) is 5.75 Å². The Labute approximate surface area is 132 Å². The standard InChI is InChI=1S/C17H26N2O3/c1-13(10-14-4-6-15(21-3)7-5-14)11-18-17(20)16-12-19(2)8-9-22-16/h4-7,13,16H,8-12H2,1-3H3,(H,18,20)/t13-,16+/m0/s1. The minimum absolute atomic E-state index is 0.00636. The summed E-state index contributed by atoms with van der Waals surface area (Å²) in [7, 11) is 3.67. The van der Waals surface area contributed by atoms with E-state index >= 15 is 0 Å². The lowest BCUT2D eigenvalue weighted by Crippen LogP contribution is -2.49. The highest BCUT2D eigenvalue weighted by Crippen LogP contribution is 2.14. The van der Waals surface area contributed by atoms with E-state index in [1.165, 1.54) is 5.56 Å². The fourth-order valence-electron chi connectivity index (χ4n) is 2.56. The van der Waals surface area contributed by atoms with E-state index in [9.17, 15) is 4.79 Å². The molecule has 2 rings (SSSR count). The van der Waals surface area contributed by atoms with Crippen molar-refractivity contribution in [2.75, 3.05) is 40.4 Å². The van der Waals surface area contributed by atoms with E-state index in [1.807, 2.05) is 19.2 Å². The molecule has 0 bridgehead atoms. The van der Waals surface area contributed by atoms with E-state index < -0.39 is 0 Å². The van der Waals surface area contributed by atoms with Gasteiger partial charge in [-0.2, -0.15) is 0 Å². The van der Waals surface area contributed by atoms with Crippen LogP contribution in [-0.4, -0.2) is 57.3 Å². The maximum absolute atomic E-state index is 12.1. The first-order valence-corrected chi connectivity index (χ1v) is 7.79. The second-order valence-electron chi connectivity index (χ2n) is 6.02. The van der Waals surface area contributed by atoms with Crippen molar-refractivity contribution in [3.8, 4) is 5.75 Å². The predicted octanol–water partition coefficient (Wildman–Crippen LogP) is 1.32. The molecule has 22 heavy (non-hydrogen) atoms. The lowest BCUT2D eigenvalue weighted by atomic mass is 10.0. The number of ether oxygens (including phenoxy) is 2. The summed E-state index contributed by atoms with van der Waals surface area (Å²) in [5.74, 6) is 1.23. The number of likely N-dealkylation sites (N-methyl/N-ethyl adjacent to an activating group) is 1. The lowest BCUT2D eigenvalue weighted by Gasteiger charge is -2.29. The van der Waals surface area contributed by atoms with E-state index in [0.29, 0.717) is 25.6 Å². The van der Waals surface area contributed by atoms with Gasteiger partial charge in [-0.15, -0.1) is 0 Å². The quantitative estimate of drug-likeness (QED) is 0.861. The first-order valence-electron chi connectivity index (χ1n) is 7.79. The summed E-state index contributed by atoms with van der Waals surface area (Å²) in [5, 5.41) is 3.00. The van der Waals surface area contributed by atoms with Gasteiger partial charge in [-0.1, -0.05) is 19.1 Å². The van der Waals surface area contributed by atoms with Gasteiger partial charge in [0.2, 0.25) is 5.91 Å². The number of carbonyl (C=O) groups excluding carboxylic acids is 1. The summed E-state index contributed by atoms with van der Waals surface area (Å²) < 4.78 is 10.7. The van der Waals surface area contributed by atoms with Crippen LogP contribution in [-0.2, 0) is 16.0 Å². The minimum atomic E-state index is -0.341. The summed E-state index contributed by atoms with van der Waals surface area (Å²) in [5.41, 5.74) is 1.25. The molecule has 2 atom stereocenters. The van der Waals surface area contributed by atoms with E-state index in [4.69, 9.17) is 9.47 Å². The first-order chi connectivity index (χ1) is 10.6. The molecule has 1 fully saturated rings. The average Bonchev–Trinajstić information content (AvgIpc) is 2.53. The fraction of sp³-hybridized carbons (Fsp3) is 0.588. The molecular weight excluding hydrogens is 280 g/mol. The molecule has 1 saturated heterocycles. The van der Waals surface area contributed by atoms with Crippen molar-refractivity contribution in [3.63, 3.8) is 0 Å². The van der Waals surface area contributed by atoms with Crippen LogP contribution in [0.2, 0.25) is 0 Å². The molecular formula is C17H26N2O3. The van der Waals surface area contributed by atoms with Gasteiger partial charge in [-0.05, 0) is 37.1 Å². The summed E-state index contributed by atoms with van der Waals surface area (Å²) in [6, 6.07) is 8.06. The van der Waals surface area contributed by atoms with Crippen LogP contribution in [0.15, 0.2) is 24.3 Å². The topological polar surface area (TPSA) is 50.8 Å². The molecule has 122 valence electrons. The van der Waals surface area contributed by atoms with Crippen molar-refractivity contribution in [3.05, 3.63) is 29.8 Å². The predicted molar refractivity (Wildman–Crippen MR) is 86.1 cm³/mol. The van der Waals surface area contributed by atoms with Crippen LogP contribution in [0.4, 0.5) is 0 Å². The fourth-order valence-corrected chi connectivity index (χ4v) is 2.56. The Bertz CT molecular complexity index is 475. The summed E-state index contributed by atoms with van der Waals surface area (Å²) >= 11 is 0. The Balaban J connectivity index is 1.74. The molecule has 0 radical (unpaired) electrons. The second kappa shape index (κ2) is 8.15. The number of hydrogen-bond acceptors (Lipinski definition) is 4. The van der Waals surface area contributed by atoms with Gasteiger partial charge in [-0.3, -0.25) is 4.79 Å². The number of carbonyl (C=O) groups is 1. The number of rotatable bonds is 6. The number of methoxy groups -OCH3 is 1. The van der Waals surface area contributed by atoms with Crippen LogP contribution in [0.25, 0.3) is 0 Å². The Morgan fingerprint density at radius 2 is 2.18 bits per heavy atom. The number of nitrogens with zero attached hydrogens (tertiary/aromatic N) is 1. The SMILES string of the molecule is COc1ccc(C[C@H](C)CNC(=O)[C@H]2CN(C)CCO2)cc1. The largest absolute Gasteiger partial charge is 0.497 e. The summed E-state index contributed by atoms with van der Waals surface area (Å²) in [6.45, 7) is 4.97. The van der Waals surface area contributed by atoms with Crippen molar-refractivity contribution in [2.24, 2.45) is 5.92 Å². The number of benzene rings is 1. The van der Waals surface area contributed by atoms with Gasteiger partial charge < -0.3 is 19.7 Å². The van der Waals surface area contributed by atoms with Gasteiger partial charge in [0.15, 0.2) is 0 Å². The molecule has 1 heterocycles. The van der Waals surface area contributed by atoms with Crippen molar-refractivity contribution in [2.45, 2.75) is 19.4 Å². The first kappa shape index (κ1) is 16.8. The highest BCUT2D eigenvalue weighted by Gasteiger charge is 2.24. The third-order valence-electron chi connectivity index (χ3n) is 3.93. The Kier molecular flexibility index (Phi) is 6.21. The second-order valence-corrected chi connectivity index (χ2v) is 6.02. The molecule has 1 aliphatic heterocycles. The molecule has 0 saturated carbocycles. The van der Waals surface area contributed by atoms with Gasteiger partial charge in [0, 0.05) is 19.6 Å². The van der Waals surface area contributed by atoms with E-state index in [2.05, 4.69) is 29.3 Å². The van der Waals surface area contributed by atoms with Gasteiger partial charge in [0.1, 0.15) is 11.9 Å². The van der Waals surface area contributed by atoms with Crippen LogP contribution in [0.3, 0.4) is 0 Å². The van der Waals surface area contributed by atoms with Crippen molar-refractivity contribution in [1.29, 1.82) is 0 Å². The van der Waals surface area contributed by atoms with E-state index in [-0.39, 0.29) is 12.0 Å². The van der Waals surface area contributed by atoms with Crippen LogP contribution in [0, 0.1) is 5.92 Å². The minimum Gasteiger partial charge on any atom is -0.497 e. The molecule has 0 aromatic heterocycles. The maximum Gasteiger partial charge on any atom is 0.250 e. The molecule has 0 unspecified atom stereocenters. The monoisotopic (exact) mass is 306 g/mol. The Hall–Kier alpha value is -1.59. The molecule has 5 heteroatoms. The average molecular weight is 306 g/mol. The molecule has 1 aliphatic rings. The Morgan fingerprint density at radius 3 is 2.82 bits per heavy atom. The van der Waals surface area contributed by atoms with Gasteiger partial charge in [0.25, 0.3) is 0 Å². The lowest BCUT2D eigenvalue weighted by molar-refractivity contribution is -0.137. The zero-order valence-corrected chi connectivity index (χ0v) is 13.7. The Morgan fingerprint density at radius 1 is 1.45 bits per heavy atom. The van der Waals surface area contributed by atoms with Crippen LogP contribution in [0.1, 0.15) is 12.5 Å². The molecule has 1 aromatic rings. The van der Waals surface area contributed by atoms with E-state index in [1.54, 1.807) is 7.11 Å².